The summed E-state index contributed by atoms with van der Waals surface area (Å²) >= 11 is 0. The Kier molecular flexibility index (Phi) is 32.5. The van der Waals surface area contributed by atoms with E-state index in [9.17, 15) is 0 Å². The van der Waals surface area contributed by atoms with Crippen molar-refractivity contribution in [2.75, 3.05) is 0 Å². The topological polar surface area (TPSA) is 252 Å². The fourth-order valence-electron chi connectivity index (χ4n) is 0. The third kappa shape index (κ3) is 1150. The van der Waals surface area contributed by atoms with Crippen LogP contribution in [-0.2, 0) is 4.57 Å². The smallest absolute Gasteiger partial charge is 0.352 e. The molecule has 0 unspecified atom stereocenters. The standard InChI is InChI=1S/CH4N2O.3H3N.H3O4P/c2-1(3)4;;;;1-5(2,3)4/h(H4,2,3,4);3*1H3;(H3,1,2,3,4). The van der Waals surface area contributed by atoms with Crippen LogP contribution in [0.25, 0.3) is 0 Å². The Hall–Kier alpha value is -0.740. The highest BCUT2D eigenvalue weighted by Gasteiger charge is 2.00. The first kappa shape index (κ1) is 30.2. The summed E-state index contributed by atoms with van der Waals surface area (Å²) < 4.78 is 8.88. The van der Waals surface area contributed by atoms with Crippen molar-refractivity contribution >= 4 is 13.9 Å². The monoisotopic (exact) mass is 209 g/mol. The average Bonchev–Trinajstić information content (AvgIpc) is 1.19. The quantitative estimate of drug-likeness (QED) is 0.219. The molecular formula is CH16N5O5P. The molecule has 16 N–H and O–H groups in total. The van der Waals surface area contributed by atoms with E-state index < -0.39 is 13.9 Å². The van der Waals surface area contributed by atoms with E-state index in [1.54, 1.807) is 0 Å². The van der Waals surface area contributed by atoms with Gasteiger partial charge in [0.25, 0.3) is 0 Å². The maximum atomic E-state index is 9.00. The number of hydrogen-bond donors (Lipinski definition) is 8. The van der Waals surface area contributed by atoms with Gasteiger partial charge in [-0.05, 0) is 0 Å². The first-order chi connectivity index (χ1) is 3.73. The molecule has 0 bridgehead atoms. The van der Waals surface area contributed by atoms with Crippen molar-refractivity contribution in [1.29, 1.82) is 0 Å². The molecule has 0 saturated carbocycles. The second-order valence-corrected chi connectivity index (χ2v) is 1.94. The highest BCUT2D eigenvalue weighted by Crippen LogP contribution is 2.25. The van der Waals surface area contributed by atoms with Gasteiger partial charge in [-0.3, -0.25) is 0 Å². The molecule has 0 aliphatic carbocycles. The Bertz CT molecular complexity index is 120. The van der Waals surface area contributed by atoms with Crippen LogP contribution < -0.4 is 29.9 Å². The molecule has 0 aromatic heterocycles. The molecule has 12 heavy (non-hydrogen) atoms. The molecule has 0 heterocycles. The largest absolute Gasteiger partial charge is 0.466 e. The lowest BCUT2D eigenvalue weighted by Crippen LogP contribution is -2.18. The SMILES string of the molecule is N.N.N.NC(N)=O.O=P(O)(O)O. The summed E-state index contributed by atoms with van der Waals surface area (Å²) in [6.45, 7) is 0. The van der Waals surface area contributed by atoms with Crippen molar-refractivity contribution in [1.82, 2.24) is 18.5 Å². The maximum absolute atomic E-state index is 9.00. The molecule has 0 spiro atoms. The number of amides is 2. The molecule has 0 aliphatic rings. The molecule has 0 aromatic rings. The van der Waals surface area contributed by atoms with Gasteiger partial charge in [-0.15, -0.1) is 0 Å². The number of hydrogen-bond acceptors (Lipinski definition) is 5. The minimum absolute atomic E-state index is 0. The molecule has 2 amide bonds. The van der Waals surface area contributed by atoms with Crippen LogP contribution in [0.3, 0.4) is 0 Å². The third-order valence-corrected chi connectivity index (χ3v) is 0. The van der Waals surface area contributed by atoms with Crippen LogP contribution in [0.15, 0.2) is 0 Å². The fourth-order valence-corrected chi connectivity index (χ4v) is 0. The molecule has 0 fully saturated rings. The van der Waals surface area contributed by atoms with Crippen LogP contribution in [0.4, 0.5) is 4.79 Å². The van der Waals surface area contributed by atoms with Crippen molar-refractivity contribution in [2.45, 2.75) is 0 Å². The van der Waals surface area contributed by atoms with Gasteiger partial charge in [-0.25, -0.2) is 9.36 Å². The highest BCUT2D eigenvalue weighted by molar-refractivity contribution is 7.45. The number of phosphoric acid groups is 1. The van der Waals surface area contributed by atoms with E-state index in [1.807, 2.05) is 0 Å². The van der Waals surface area contributed by atoms with Gasteiger partial charge in [0, 0.05) is 0 Å². The Labute approximate surface area is 68.9 Å². The minimum Gasteiger partial charge on any atom is -0.352 e. The zero-order valence-corrected chi connectivity index (χ0v) is 7.28. The Balaban J connectivity index is -0.0000000221. The molecule has 0 rings (SSSR count). The normalized spacial score (nSPS) is 6.92. The lowest BCUT2D eigenvalue weighted by Gasteiger charge is -1.82. The summed E-state index contributed by atoms with van der Waals surface area (Å²) in [4.78, 5) is 30.6. The van der Waals surface area contributed by atoms with E-state index in [0.29, 0.717) is 0 Å². The average molecular weight is 209 g/mol. The number of nitrogens with two attached hydrogens (primary N) is 2. The van der Waals surface area contributed by atoms with Crippen molar-refractivity contribution in [2.24, 2.45) is 11.5 Å². The first-order valence-electron chi connectivity index (χ1n) is 1.56. The van der Waals surface area contributed by atoms with E-state index in [2.05, 4.69) is 11.5 Å². The molecule has 0 aromatic carbocycles. The van der Waals surface area contributed by atoms with Gasteiger partial charge in [0.15, 0.2) is 0 Å². The second kappa shape index (κ2) is 12.9. The molecule has 10 nitrogen and oxygen atoms in total. The summed E-state index contributed by atoms with van der Waals surface area (Å²) in [5.74, 6) is 0. The number of carbonyl (C=O) groups excluding carboxylic acids is 1. The van der Waals surface area contributed by atoms with Crippen molar-refractivity contribution < 1.29 is 24.0 Å². The minimum atomic E-state index is -4.64. The van der Waals surface area contributed by atoms with Gasteiger partial charge in [-0.1, -0.05) is 0 Å². The van der Waals surface area contributed by atoms with Gasteiger partial charge in [0.1, 0.15) is 0 Å². The Morgan fingerprint density at radius 2 is 1.00 bits per heavy atom. The van der Waals surface area contributed by atoms with E-state index in [0.717, 1.165) is 0 Å². The molecule has 11 heteroatoms. The summed E-state index contributed by atoms with van der Waals surface area (Å²) in [6.07, 6.45) is 0. The van der Waals surface area contributed by atoms with Crippen LogP contribution in [0, 0.1) is 0 Å². The number of carbonyl (C=O) groups is 1. The molecule has 0 radical (unpaired) electrons. The van der Waals surface area contributed by atoms with Gasteiger partial charge >= 0.3 is 13.9 Å². The molecule has 0 saturated heterocycles. The lowest BCUT2D eigenvalue weighted by atomic mass is 11.2. The van der Waals surface area contributed by atoms with Crippen LogP contribution in [0.5, 0.6) is 0 Å². The van der Waals surface area contributed by atoms with Crippen molar-refractivity contribution in [3.8, 4) is 0 Å². The lowest BCUT2D eigenvalue weighted by molar-refractivity contribution is 0.256. The van der Waals surface area contributed by atoms with Crippen LogP contribution >= 0.6 is 7.82 Å². The third-order valence-electron chi connectivity index (χ3n) is 0. The number of rotatable bonds is 0. The van der Waals surface area contributed by atoms with Crippen molar-refractivity contribution in [3.63, 3.8) is 0 Å². The second-order valence-electron chi connectivity index (χ2n) is 0.916. The van der Waals surface area contributed by atoms with E-state index in [4.69, 9.17) is 24.0 Å². The summed E-state index contributed by atoms with van der Waals surface area (Å²) in [5.41, 5.74) is 8.50. The van der Waals surface area contributed by atoms with Gasteiger partial charge in [0.2, 0.25) is 0 Å². The summed E-state index contributed by atoms with van der Waals surface area (Å²) in [7, 11) is -4.64. The van der Waals surface area contributed by atoms with Crippen molar-refractivity contribution in [3.05, 3.63) is 0 Å². The van der Waals surface area contributed by atoms with Gasteiger partial charge in [0.05, 0.1) is 0 Å². The van der Waals surface area contributed by atoms with Gasteiger partial charge in [-0.2, -0.15) is 0 Å². The Morgan fingerprint density at radius 3 is 1.00 bits per heavy atom. The highest BCUT2D eigenvalue weighted by atomic mass is 31.2. The van der Waals surface area contributed by atoms with E-state index >= 15 is 0 Å². The predicted octanol–water partition coefficient (Wildman–Crippen LogP) is -1.42. The van der Waals surface area contributed by atoms with Gasteiger partial charge < -0.3 is 44.6 Å². The zero-order chi connectivity index (χ0) is 8.08. The zero-order valence-electron chi connectivity index (χ0n) is 6.38. The molecule has 80 valence electrons. The predicted molar refractivity (Wildman–Crippen MR) is 43.1 cm³/mol. The van der Waals surface area contributed by atoms with Crippen LogP contribution in [-0.4, -0.2) is 20.7 Å². The molecule has 0 aliphatic heterocycles. The van der Waals surface area contributed by atoms with E-state index in [1.165, 1.54) is 0 Å². The molecular weight excluding hydrogens is 193 g/mol. The maximum Gasteiger partial charge on any atom is 0.466 e. The van der Waals surface area contributed by atoms with Crippen LogP contribution in [0.2, 0.25) is 0 Å². The van der Waals surface area contributed by atoms with E-state index in [-0.39, 0.29) is 18.5 Å². The fraction of sp³-hybridized carbons (Fsp3) is 0. The summed E-state index contributed by atoms with van der Waals surface area (Å²) in [6, 6.07) is -0.833. The van der Waals surface area contributed by atoms with Crippen LogP contribution in [0.1, 0.15) is 0 Å². The Morgan fingerprint density at radius 1 is 1.00 bits per heavy atom. The molecule has 0 atom stereocenters. The first-order valence-corrected chi connectivity index (χ1v) is 3.13. The number of urea groups is 1. The number of primary amides is 2. The summed E-state index contributed by atoms with van der Waals surface area (Å²) in [5, 5.41) is 0.